The number of thioether (sulfide) groups is 1. The number of carbonyl (C=O) groups is 2. The molecule has 0 spiro atoms. The normalized spacial score (nSPS) is 10.7. The van der Waals surface area contributed by atoms with Crippen LogP contribution in [0.15, 0.2) is 42.1 Å². The average molecular weight is 515 g/mol. The number of thiophene rings is 1. The highest BCUT2D eigenvalue weighted by atomic mass is 32.2. The molecule has 0 radical (unpaired) electrons. The second-order valence-corrected chi connectivity index (χ2v) is 9.73. The van der Waals surface area contributed by atoms with Gasteiger partial charge in [0.15, 0.2) is 11.0 Å². The van der Waals surface area contributed by atoms with Crippen LogP contribution in [0, 0.1) is 13.8 Å². The summed E-state index contributed by atoms with van der Waals surface area (Å²) >= 11 is 2.64. The van der Waals surface area contributed by atoms with Crippen molar-refractivity contribution in [1.29, 1.82) is 0 Å². The molecular formula is C25H30N4O4S2. The first-order chi connectivity index (χ1) is 16.9. The highest BCUT2D eigenvalue weighted by molar-refractivity contribution is 7.99. The van der Waals surface area contributed by atoms with E-state index in [0.29, 0.717) is 28.1 Å². The number of hydrogen-bond acceptors (Lipinski definition) is 8. The molecule has 2 heterocycles. The maximum Gasteiger partial charge on any atom is 0.341 e. The fourth-order valence-electron chi connectivity index (χ4n) is 3.23. The number of ether oxygens (including phenoxy) is 2. The summed E-state index contributed by atoms with van der Waals surface area (Å²) in [6.45, 7) is 12.6. The van der Waals surface area contributed by atoms with Crippen LogP contribution in [0.2, 0.25) is 0 Å². The summed E-state index contributed by atoms with van der Waals surface area (Å²) in [5.41, 5.74) is 2.61. The molecule has 0 unspecified atom stereocenters. The van der Waals surface area contributed by atoms with Crippen molar-refractivity contribution < 1.29 is 19.1 Å². The number of benzene rings is 1. The summed E-state index contributed by atoms with van der Waals surface area (Å²) in [6, 6.07) is 7.69. The minimum absolute atomic E-state index is 0.106. The number of aromatic nitrogens is 3. The first kappa shape index (κ1) is 26.5. The Bertz CT molecular complexity index is 1200. The standard InChI is InChI=1S/C25H30N4O4S2/c1-6-12-29-21(14-33-20-11-9-10-16(4)17(20)5)27-28-25(29)34-15-22(30)26-23-19(24(31)32-8-3)13-18(7-2)35-23/h6,9-11,13H,1,7-8,12,14-15H2,2-5H3,(H,26,30). The second-order valence-electron chi connectivity index (χ2n) is 7.65. The molecule has 0 aliphatic rings. The highest BCUT2D eigenvalue weighted by Crippen LogP contribution is 2.30. The molecule has 35 heavy (non-hydrogen) atoms. The van der Waals surface area contributed by atoms with Gasteiger partial charge in [0.2, 0.25) is 5.91 Å². The summed E-state index contributed by atoms with van der Waals surface area (Å²) in [5, 5.41) is 12.5. The zero-order valence-corrected chi connectivity index (χ0v) is 22.1. The van der Waals surface area contributed by atoms with E-state index < -0.39 is 5.97 Å². The Labute approximate surface area is 213 Å². The zero-order valence-electron chi connectivity index (χ0n) is 20.4. The maximum atomic E-state index is 12.7. The van der Waals surface area contributed by atoms with E-state index in [0.717, 1.165) is 28.2 Å². The van der Waals surface area contributed by atoms with Gasteiger partial charge in [0.1, 0.15) is 17.4 Å². The minimum atomic E-state index is -0.439. The van der Waals surface area contributed by atoms with Crippen LogP contribution in [-0.2, 0) is 29.1 Å². The van der Waals surface area contributed by atoms with Gasteiger partial charge in [0.25, 0.3) is 0 Å². The van der Waals surface area contributed by atoms with Crippen molar-refractivity contribution in [2.45, 2.75) is 52.4 Å². The lowest BCUT2D eigenvalue weighted by Gasteiger charge is -2.12. The molecule has 3 rings (SSSR count). The van der Waals surface area contributed by atoms with Crippen molar-refractivity contribution in [3.8, 4) is 5.75 Å². The predicted octanol–water partition coefficient (Wildman–Crippen LogP) is 5.19. The molecule has 0 aliphatic heterocycles. The van der Waals surface area contributed by atoms with Gasteiger partial charge in [-0.15, -0.1) is 28.1 Å². The number of carbonyl (C=O) groups excluding carboxylic acids is 2. The second kappa shape index (κ2) is 12.6. The van der Waals surface area contributed by atoms with Crippen molar-refractivity contribution in [3.05, 3.63) is 64.3 Å². The number of nitrogens with one attached hydrogen (secondary N) is 1. The molecule has 2 aromatic heterocycles. The van der Waals surface area contributed by atoms with Crippen LogP contribution in [0.4, 0.5) is 5.00 Å². The first-order valence-corrected chi connectivity index (χ1v) is 13.1. The van der Waals surface area contributed by atoms with Crippen LogP contribution in [0.3, 0.4) is 0 Å². The zero-order chi connectivity index (χ0) is 25.4. The summed E-state index contributed by atoms with van der Waals surface area (Å²) in [7, 11) is 0. The summed E-state index contributed by atoms with van der Waals surface area (Å²) in [5.74, 6) is 0.863. The SMILES string of the molecule is C=CCn1c(COc2cccc(C)c2C)nnc1SCC(=O)Nc1sc(CC)cc1C(=O)OCC. The molecule has 1 aromatic carbocycles. The molecule has 0 atom stereocenters. The van der Waals surface area contributed by atoms with E-state index in [4.69, 9.17) is 9.47 Å². The number of esters is 1. The van der Waals surface area contributed by atoms with Gasteiger partial charge in [0.05, 0.1) is 17.9 Å². The lowest BCUT2D eigenvalue weighted by Crippen LogP contribution is -2.16. The van der Waals surface area contributed by atoms with E-state index in [1.165, 1.54) is 23.1 Å². The van der Waals surface area contributed by atoms with Crippen molar-refractivity contribution in [2.24, 2.45) is 0 Å². The van der Waals surface area contributed by atoms with E-state index in [2.05, 4.69) is 22.1 Å². The quantitative estimate of drug-likeness (QED) is 0.202. The summed E-state index contributed by atoms with van der Waals surface area (Å²) < 4.78 is 13.0. The smallest absolute Gasteiger partial charge is 0.341 e. The van der Waals surface area contributed by atoms with Gasteiger partial charge in [-0.3, -0.25) is 9.36 Å². The molecule has 1 N–H and O–H groups in total. The van der Waals surface area contributed by atoms with Crippen LogP contribution < -0.4 is 10.1 Å². The predicted molar refractivity (Wildman–Crippen MR) is 139 cm³/mol. The maximum absolute atomic E-state index is 12.7. The van der Waals surface area contributed by atoms with Gasteiger partial charge < -0.3 is 14.8 Å². The number of rotatable bonds is 12. The molecule has 0 saturated carbocycles. The highest BCUT2D eigenvalue weighted by Gasteiger charge is 2.20. The number of anilines is 1. The molecule has 0 aliphatic carbocycles. The third kappa shape index (κ3) is 6.73. The molecule has 3 aromatic rings. The van der Waals surface area contributed by atoms with Gasteiger partial charge in [0, 0.05) is 11.4 Å². The Kier molecular flexibility index (Phi) is 9.50. The van der Waals surface area contributed by atoms with E-state index in [1.807, 2.05) is 43.5 Å². The molecule has 0 saturated heterocycles. The third-order valence-corrected chi connectivity index (χ3v) is 7.39. The van der Waals surface area contributed by atoms with Gasteiger partial charge in [-0.1, -0.05) is 36.9 Å². The monoisotopic (exact) mass is 514 g/mol. The molecule has 8 nitrogen and oxygen atoms in total. The Morgan fingerprint density at radius 2 is 2.06 bits per heavy atom. The fraction of sp³-hybridized carbons (Fsp3) is 0.360. The molecular weight excluding hydrogens is 484 g/mol. The van der Waals surface area contributed by atoms with Crippen LogP contribution in [-0.4, -0.2) is 39.0 Å². The van der Waals surface area contributed by atoms with Crippen LogP contribution >= 0.6 is 23.1 Å². The number of nitrogens with zero attached hydrogens (tertiary/aromatic N) is 3. The van der Waals surface area contributed by atoms with E-state index in [1.54, 1.807) is 19.1 Å². The average Bonchev–Trinajstić information content (AvgIpc) is 3.43. The molecule has 1 amide bonds. The lowest BCUT2D eigenvalue weighted by molar-refractivity contribution is -0.113. The van der Waals surface area contributed by atoms with Crippen molar-refractivity contribution in [2.75, 3.05) is 17.7 Å². The number of allylic oxidation sites excluding steroid dienone is 1. The van der Waals surface area contributed by atoms with Crippen LogP contribution in [0.1, 0.15) is 46.0 Å². The van der Waals surface area contributed by atoms with Crippen LogP contribution in [0.5, 0.6) is 5.75 Å². The van der Waals surface area contributed by atoms with E-state index >= 15 is 0 Å². The number of aryl methyl sites for hydroxylation is 2. The van der Waals surface area contributed by atoms with Crippen molar-refractivity contribution in [3.63, 3.8) is 0 Å². The van der Waals surface area contributed by atoms with Gasteiger partial charge in [-0.05, 0) is 50.5 Å². The van der Waals surface area contributed by atoms with E-state index in [-0.39, 0.29) is 24.9 Å². The van der Waals surface area contributed by atoms with Crippen molar-refractivity contribution >= 4 is 40.0 Å². The Morgan fingerprint density at radius 3 is 2.77 bits per heavy atom. The molecule has 186 valence electrons. The molecule has 10 heteroatoms. The Balaban J connectivity index is 1.66. The topological polar surface area (TPSA) is 95.3 Å². The fourth-order valence-corrected chi connectivity index (χ4v) is 5.00. The van der Waals surface area contributed by atoms with Gasteiger partial charge in [-0.25, -0.2) is 4.79 Å². The largest absolute Gasteiger partial charge is 0.485 e. The summed E-state index contributed by atoms with van der Waals surface area (Å²) in [6.07, 6.45) is 2.51. The van der Waals surface area contributed by atoms with Crippen LogP contribution in [0.25, 0.3) is 0 Å². The minimum Gasteiger partial charge on any atom is -0.485 e. The Morgan fingerprint density at radius 1 is 1.26 bits per heavy atom. The van der Waals surface area contributed by atoms with Gasteiger partial charge >= 0.3 is 5.97 Å². The van der Waals surface area contributed by atoms with Gasteiger partial charge in [-0.2, -0.15) is 0 Å². The Hall–Kier alpha value is -3.11. The number of amides is 1. The number of hydrogen-bond donors (Lipinski definition) is 1. The third-order valence-electron chi connectivity index (χ3n) is 5.23. The van der Waals surface area contributed by atoms with E-state index in [9.17, 15) is 9.59 Å². The molecule has 0 bridgehead atoms. The first-order valence-electron chi connectivity index (χ1n) is 11.3. The van der Waals surface area contributed by atoms with Crippen molar-refractivity contribution in [1.82, 2.24) is 14.8 Å². The lowest BCUT2D eigenvalue weighted by atomic mass is 10.1. The molecule has 0 fully saturated rings. The summed E-state index contributed by atoms with van der Waals surface area (Å²) in [4.78, 5) is 26.0.